The molecule has 0 aromatic heterocycles. The van der Waals surface area contributed by atoms with Crippen LogP contribution >= 0.6 is 0 Å². The molecule has 11 rings (SSSR count). The van der Waals surface area contributed by atoms with Crippen molar-refractivity contribution in [3.63, 3.8) is 0 Å². The molecule has 0 atom stereocenters. The molecule has 3 fully saturated rings. The minimum atomic E-state index is -0.0846. The van der Waals surface area contributed by atoms with E-state index in [9.17, 15) is 0 Å². The van der Waals surface area contributed by atoms with Crippen molar-refractivity contribution in [1.82, 2.24) is 0 Å². The third-order valence-electron chi connectivity index (χ3n) is 16.4. The molecule has 0 saturated heterocycles. The van der Waals surface area contributed by atoms with Crippen molar-refractivity contribution in [3.8, 4) is 44.5 Å². The molecule has 0 heterocycles. The molecule has 1 nitrogen and oxygen atoms in total. The SMILES string of the molecule is Cc1cc(N(c2ccc(-c3cccc(C4CCCCC4)c3)cc2)c2ccc3c(c2)C(C)(C)c2ccccc2-3)ccc1-c1cccc(-c2cc(C3CCCCC3)cc(C3CCCCC3)c2)c1. The fourth-order valence-corrected chi connectivity index (χ4v) is 12.7. The highest BCUT2D eigenvalue weighted by Gasteiger charge is 2.36. The smallest absolute Gasteiger partial charge is 0.0465 e. The van der Waals surface area contributed by atoms with Crippen molar-refractivity contribution in [3.05, 3.63) is 185 Å². The molecule has 0 amide bonds. The van der Waals surface area contributed by atoms with Gasteiger partial charge in [0.25, 0.3) is 0 Å². The zero-order valence-electron chi connectivity index (χ0n) is 39.2. The fourth-order valence-electron chi connectivity index (χ4n) is 12.7. The van der Waals surface area contributed by atoms with Gasteiger partial charge in [0.15, 0.2) is 0 Å². The lowest BCUT2D eigenvalue weighted by Crippen LogP contribution is -2.16. The lowest BCUT2D eigenvalue weighted by atomic mass is 9.78. The summed E-state index contributed by atoms with van der Waals surface area (Å²) in [4.78, 5) is 2.48. The standard InChI is InChI=1S/C64H67N/c1-44-37-57(33-35-59(44)52-26-16-25-51(39-52)55-41-53(46-19-9-5-10-20-46)40-54(42-55)47-21-11-6-12-22-47)65(58-34-36-61-60-27-13-14-28-62(60)64(2,3)63(61)43-58)56-31-29-48(30-32-56)50-24-15-23-49(38-50)45-17-7-4-8-18-45/h13-16,23-43,45-47H,4-12,17-22H2,1-3H3. The molecule has 0 unspecified atom stereocenters. The van der Waals surface area contributed by atoms with E-state index in [1.54, 1.807) is 11.1 Å². The number of aryl methyl sites for hydroxylation is 1. The van der Waals surface area contributed by atoms with Gasteiger partial charge in [0.1, 0.15) is 0 Å². The highest BCUT2D eigenvalue weighted by molar-refractivity contribution is 5.87. The van der Waals surface area contributed by atoms with Gasteiger partial charge < -0.3 is 4.90 Å². The summed E-state index contributed by atoms with van der Waals surface area (Å²) in [6.07, 6.45) is 20.4. The first-order chi connectivity index (χ1) is 31.9. The van der Waals surface area contributed by atoms with E-state index >= 15 is 0 Å². The summed E-state index contributed by atoms with van der Waals surface area (Å²) in [7, 11) is 0. The minimum absolute atomic E-state index is 0.0846. The molecule has 0 bridgehead atoms. The van der Waals surface area contributed by atoms with Crippen molar-refractivity contribution in [2.45, 2.75) is 140 Å². The fraction of sp³-hybridized carbons (Fsp3) is 0.344. The number of benzene rings is 7. The summed E-state index contributed by atoms with van der Waals surface area (Å²) in [6.45, 7) is 7.08. The Bertz CT molecular complexity index is 2770. The molecule has 328 valence electrons. The summed E-state index contributed by atoms with van der Waals surface area (Å²) in [5.41, 5.74) is 22.9. The Labute approximate surface area is 390 Å². The maximum Gasteiger partial charge on any atom is 0.0465 e. The largest absolute Gasteiger partial charge is 0.310 e. The lowest BCUT2D eigenvalue weighted by molar-refractivity contribution is 0.435. The quantitative estimate of drug-likeness (QED) is 0.140. The van der Waals surface area contributed by atoms with Gasteiger partial charge in [-0.15, -0.1) is 0 Å². The first-order valence-corrected chi connectivity index (χ1v) is 25.5. The van der Waals surface area contributed by atoms with Crippen LogP contribution in [-0.2, 0) is 5.41 Å². The average Bonchev–Trinajstić information content (AvgIpc) is 3.60. The van der Waals surface area contributed by atoms with E-state index in [1.807, 2.05) is 0 Å². The predicted octanol–water partition coefficient (Wildman–Crippen LogP) is 18.9. The van der Waals surface area contributed by atoms with Crippen LogP contribution in [0.4, 0.5) is 17.1 Å². The summed E-state index contributed by atoms with van der Waals surface area (Å²) in [6, 6.07) is 59.2. The molecule has 7 aromatic carbocycles. The van der Waals surface area contributed by atoms with Gasteiger partial charge in [0, 0.05) is 22.5 Å². The third-order valence-corrected chi connectivity index (χ3v) is 16.4. The molecule has 3 saturated carbocycles. The Morgan fingerprint density at radius 1 is 0.354 bits per heavy atom. The Morgan fingerprint density at radius 3 is 1.51 bits per heavy atom. The Kier molecular flexibility index (Phi) is 11.6. The summed E-state index contributed by atoms with van der Waals surface area (Å²) in [5, 5.41) is 0. The second-order valence-electron chi connectivity index (χ2n) is 20.9. The summed E-state index contributed by atoms with van der Waals surface area (Å²) < 4.78 is 0. The van der Waals surface area contributed by atoms with Crippen LogP contribution in [0.1, 0.15) is 161 Å². The van der Waals surface area contributed by atoms with Gasteiger partial charge in [-0.05, 0) is 184 Å². The van der Waals surface area contributed by atoms with Gasteiger partial charge in [-0.25, -0.2) is 0 Å². The van der Waals surface area contributed by atoms with Crippen molar-refractivity contribution in [2.75, 3.05) is 4.90 Å². The van der Waals surface area contributed by atoms with Crippen LogP contribution in [0.3, 0.4) is 0 Å². The number of fused-ring (bicyclic) bond motifs is 3. The number of hydrogen-bond acceptors (Lipinski definition) is 1. The van der Waals surface area contributed by atoms with Crippen LogP contribution in [0, 0.1) is 6.92 Å². The Morgan fingerprint density at radius 2 is 0.862 bits per heavy atom. The van der Waals surface area contributed by atoms with Crippen LogP contribution in [-0.4, -0.2) is 0 Å². The van der Waals surface area contributed by atoms with E-state index in [1.165, 1.54) is 180 Å². The minimum Gasteiger partial charge on any atom is -0.310 e. The Balaban J connectivity index is 0.956. The van der Waals surface area contributed by atoms with Crippen LogP contribution in [0.15, 0.2) is 152 Å². The average molecular weight is 850 g/mol. The second-order valence-corrected chi connectivity index (χ2v) is 20.9. The van der Waals surface area contributed by atoms with Gasteiger partial charge >= 0.3 is 0 Å². The van der Waals surface area contributed by atoms with Crippen molar-refractivity contribution >= 4 is 17.1 Å². The molecular formula is C64H67N. The van der Waals surface area contributed by atoms with Gasteiger partial charge in [-0.2, -0.15) is 0 Å². The van der Waals surface area contributed by atoms with Gasteiger partial charge in [0.05, 0.1) is 0 Å². The number of hydrogen-bond donors (Lipinski definition) is 0. The molecule has 4 aliphatic carbocycles. The topological polar surface area (TPSA) is 3.24 Å². The molecular weight excluding hydrogens is 783 g/mol. The maximum atomic E-state index is 2.62. The summed E-state index contributed by atoms with van der Waals surface area (Å²) in [5.74, 6) is 2.10. The highest BCUT2D eigenvalue weighted by Crippen LogP contribution is 2.51. The van der Waals surface area contributed by atoms with E-state index in [0.29, 0.717) is 17.8 Å². The van der Waals surface area contributed by atoms with Crippen LogP contribution in [0.25, 0.3) is 44.5 Å². The van der Waals surface area contributed by atoms with E-state index in [-0.39, 0.29) is 5.41 Å². The van der Waals surface area contributed by atoms with E-state index in [0.717, 1.165) is 0 Å². The van der Waals surface area contributed by atoms with Crippen LogP contribution < -0.4 is 4.90 Å². The molecule has 0 N–H and O–H groups in total. The number of anilines is 3. The van der Waals surface area contributed by atoms with Crippen molar-refractivity contribution in [1.29, 1.82) is 0 Å². The van der Waals surface area contributed by atoms with E-state index in [4.69, 9.17) is 0 Å². The molecule has 65 heavy (non-hydrogen) atoms. The van der Waals surface area contributed by atoms with Crippen LogP contribution in [0.5, 0.6) is 0 Å². The molecule has 7 aromatic rings. The zero-order chi connectivity index (χ0) is 43.9. The third kappa shape index (κ3) is 8.30. The van der Waals surface area contributed by atoms with Gasteiger partial charge in [-0.3, -0.25) is 0 Å². The van der Waals surface area contributed by atoms with E-state index in [2.05, 4.69) is 177 Å². The zero-order valence-corrected chi connectivity index (χ0v) is 39.2. The molecule has 4 aliphatic rings. The number of nitrogens with zero attached hydrogens (tertiary/aromatic N) is 1. The highest BCUT2D eigenvalue weighted by atomic mass is 15.1. The normalized spacial score (nSPS) is 17.7. The first kappa shape index (κ1) is 42.0. The summed E-state index contributed by atoms with van der Waals surface area (Å²) >= 11 is 0. The maximum absolute atomic E-state index is 2.62. The van der Waals surface area contributed by atoms with Gasteiger partial charge in [0.2, 0.25) is 0 Å². The Hall–Kier alpha value is -5.66. The number of rotatable bonds is 9. The molecule has 0 radical (unpaired) electrons. The first-order valence-electron chi connectivity index (χ1n) is 25.5. The molecule has 0 aliphatic heterocycles. The van der Waals surface area contributed by atoms with Crippen molar-refractivity contribution in [2.24, 2.45) is 0 Å². The lowest BCUT2D eigenvalue weighted by Gasteiger charge is -2.29. The monoisotopic (exact) mass is 850 g/mol. The van der Waals surface area contributed by atoms with E-state index < -0.39 is 0 Å². The molecule has 0 spiro atoms. The molecule has 1 heteroatoms. The van der Waals surface area contributed by atoms with Crippen molar-refractivity contribution < 1.29 is 0 Å². The van der Waals surface area contributed by atoms with Crippen LogP contribution in [0.2, 0.25) is 0 Å². The predicted molar refractivity (Wildman–Crippen MR) is 277 cm³/mol. The van der Waals surface area contributed by atoms with Gasteiger partial charge in [-0.1, -0.05) is 181 Å². The second kappa shape index (κ2) is 18.0.